The molecule has 0 unspecified atom stereocenters. The lowest BCUT2D eigenvalue weighted by Gasteiger charge is -2.25. The molecule has 1 aliphatic rings. The third kappa shape index (κ3) is 5.40. The Labute approximate surface area is 178 Å². The van der Waals surface area contributed by atoms with Gasteiger partial charge in [0.1, 0.15) is 4.21 Å². The van der Waals surface area contributed by atoms with E-state index >= 15 is 0 Å². The Morgan fingerprint density at radius 1 is 1.24 bits per heavy atom. The summed E-state index contributed by atoms with van der Waals surface area (Å²) >= 11 is 1.33. The van der Waals surface area contributed by atoms with Crippen LogP contribution in [0.5, 0.6) is 0 Å². The minimum atomic E-state index is -3.37. The van der Waals surface area contributed by atoms with Crippen LogP contribution in [0.2, 0.25) is 0 Å². The normalized spacial score (nSPS) is 16.2. The lowest BCUT2D eigenvalue weighted by Crippen LogP contribution is -2.38. The van der Waals surface area contributed by atoms with Gasteiger partial charge < -0.3 is 14.8 Å². The Balaban J connectivity index is 1.69. The van der Waals surface area contributed by atoms with E-state index in [1.54, 1.807) is 10.4 Å². The van der Waals surface area contributed by atoms with Gasteiger partial charge in [-0.15, -0.1) is 11.3 Å². The summed E-state index contributed by atoms with van der Waals surface area (Å²) in [6.45, 7) is 5.27. The Kier molecular flexibility index (Phi) is 7.37. The predicted molar refractivity (Wildman–Crippen MR) is 119 cm³/mol. The number of nitrogens with one attached hydrogen (secondary N) is 1. The first-order chi connectivity index (χ1) is 13.9. The molecule has 160 valence electrons. The zero-order valence-corrected chi connectivity index (χ0v) is 19.1. The molecule has 0 radical (unpaired) electrons. The molecule has 2 aromatic heterocycles. The molecule has 2 aromatic rings. The second-order valence-corrected chi connectivity index (χ2v) is 10.7. The smallest absolute Gasteiger partial charge is 0.252 e. The van der Waals surface area contributed by atoms with Crippen LogP contribution < -0.4 is 5.32 Å². The van der Waals surface area contributed by atoms with Gasteiger partial charge in [0.2, 0.25) is 0 Å². The highest BCUT2D eigenvalue weighted by atomic mass is 32.2. The largest absolute Gasteiger partial charge is 0.357 e. The Morgan fingerprint density at radius 2 is 2.00 bits per heavy atom. The second-order valence-electron chi connectivity index (χ2n) is 7.32. The molecule has 0 aromatic carbocycles. The van der Waals surface area contributed by atoms with Crippen molar-refractivity contribution < 1.29 is 8.42 Å². The third-order valence-electron chi connectivity index (χ3n) is 5.08. The van der Waals surface area contributed by atoms with Crippen molar-refractivity contribution >= 4 is 27.3 Å². The van der Waals surface area contributed by atoms with E-state index in [1.807, 2.05) is 39.3 Å². The van der Waals surface area contributed by atoms with Gasteiger partial charge in [0, 0.05) is 50.5 Å². The van der Waals surface area contributed by atoms with Crippen molar-refractivity contribution in [2.75, 3.05) is 26.7 Å². The van der Waals surface area contributed by atoms with E-state index in [0.717, 1.165) is 43.2 Å². The van der Waals surface area contributed by atoms with Crippen molar-refractivity contribution in [2.24, 2.45) is 12.0 Å². The van der Waals surface area contributed by atoms with Crippen LogP contribution in [0.4, 0.5) is 0 Å². The fourth-order valence-corrected chi connectivity index (χ4v) is 6.37. The Bertz CT molecular complexity index is 926. The van der Waals surface area contributed by atoms with Gasteiger partial charge in [0.25, 0.3) is 10.0 Å². The van der Waals surface area contributed by atoms with Crippen molar-refractivity contribution in [2.45, 2.75) is 43.5 Å². The molecular formula is C20H31N5O2S2. The van der Waals surface area contributed by atoms with Crippen LogP contribution in [-0.2, 0) is 30.2 Å². The molecular weight excluding hydrogens is 406 g/mol. The molecule has 0 bridgehead atoms. The number of thiophene rings is 1. The standard InChI is InChI=1S/C20H31N5O2S2/c1-4-21-20(24(3)16-17-9-8-12-23(17)2)22-15-18-10-11-19(28-18)29(26,27)25-13-6-5-7-14-25/h8-12H,4-7,13-16H2,1-3H3,(H,21,22). The van der Waals surface area contributed by atoms with Crippen molar-refractivity contribution in [3.63, 3.8) is 0 Å². The number of aliphatic imine (C=N–C) groups is 1. The fraction of sp³-hybridized carbons (Fsp3) is 0.550. The average Bonchev–Trinajstić information content (AvgIpc) is 3.35. The van der Waals surface area contributed by atoms with Crippen LogP contribution in [0, 0.1) is 0 Å². The number of nitrogens with zero attached hydrogens (tertiary/aromatic N) is 4. The molecule has 0 spiro atoms. The minimum Gasteiger partial charge on any atom is -0.357 e. The molecule has 1 fully saturated rings. The number of guanidine groups is 1. The van der Waals surface area contributed by atoms with E-state index in [1.165, 1.54) is 17.0 Å². The SMILES string of the molecule is CCNC(=NCc1ccc(S(=O)(=O)N2CCCCC2)s1)N(C)Cc1cccn1C. The van der Waals surface area contributed by atoms with Crippen LogP contribution in [0.25, 0.3) is 0 Å². The maximum absolute atomic E-state index is 12.8. The average molecular weight is 438 g/mol. The van der Waals surface area contributed by atoms with Gasteiger partial charge in [-0.05, 0) is 44.0 Å². The Morgan fingerprint density at radius 3 is 2.66 bits per heavy atom. The summed E-state index contributed by atoms with van der Waals surface area (Å²) < 4.78 is 29.8. The summed E-state index contributed by atoms with van der Waals surface area (Å²) in [4.78, 5) is 7.75. The molecule has 9 heteroatoms. The summed E-state index contributed by atoms with van der Waals surface area (Å²) in [6, 6.07) is 7.73. The van der Waals surface area contributed by atoms with Gasteiger partial charge in [-0.3, -0.25) is 0 Å². The first kappa shape index (κ1) is 21.9. The number of piperidine rings is 1. The molecule has 1 saturated heterocycles. The molecule has 0 aliphatic carbocycles. The van der Waals surface area contributed by atoms with Gasteiger partial charge in [-0.2, -0.15) is 4.31 Å². The van der Waals surface area contributed by atoms with Crippen molar-refractivity contribution in [3.05, 3.63) is 41.0 Å². The highest BCUT2D eigenvalue weighted by Gasteiger charge is 2.27. The van der Waals surface area contributed by atoms with E-state index < -0.39 is 10.0 Å². The van der Waals surface area contributed by atoms with Gasteiger partial charge in [-0.25, -0.2) is 13.4 Å². The zero-order valence-electron chi connectivity index (χ0n) is 17.5. The fourth-order valence-electron chi connectivity index (χ4n) is 3.42. The van der Waals surface area contributed by atoms with Crippen LogP contribution >= 0.6 is 11.3 Å². The minimum absolute atomic E-state index is 0.423. The molecule has 1 N–H and O–H groups in total. The number of aryl methyl sites for hydroxylation is 1. The number of hydrogen-bond donors (Lipinski definition) is 1. The van der Waals surface area contributed by atoms with Crippen molar-refractivity contribution in [1.29, 1.82) is 0 Å². The maximum atomic E-state index is 12.8. The van der Waals surface area contributed by atoms with Gasteiger partial charge in [-0.1, -0.05) is 6.42 Å². The topological polar surface area (TPSA) is 69.9 Å². The summed E-state index contributed by atoms with van der Waals surface area (Å²) in [5, 5.41) is 3.32. The van der Waals surface area contributed by atoms with Crippen LogP contribution in [0.3, 0.4) is 0 Å². The second kappa shape index (κ2) is 9.77. The molecule has 1 aliphatic heterocycles. The summed E-state index contributed by atoms with van der Waals surface area (Å²) in [5.74, 6) is 0.808. The summed E-state index contributed by atoms with van der Waals surface area (Å²) in [5.41, 5.74) is 1.20. The first-order valence-electron chi connectivity index (χ1n) is 10.1. The van der Waals surface area contributed by atoms with Crippen molar-refractivity contribution in [3.8, 4) is 0 Å². The van der Waals surface area contributed by atoms with Crippen LogP contribution in [0.1, 0.15) is 36.8 Å². The van der Waals surface area contributed by atoms with Crippen LogP contribution in [0.15, 0.2) is 39.7 Å². The zero-order chi connectivity index (χ0) is 20.9. The number of rotatable bonds is 7. The molecule has 0 saturated carbocycles. The molecule has 0 amide bonds. The van der Waals surface area contributed by atoms with E-state index in [0.29, 0.717) is 23.8 Å². The molecule has 3 heterocycles. The summed E-state index contributed by atoms with van der Waals surface area (Å²) in [7, 11) is 0.669. The highest BCUT2D eigenvalue weighted by Crippen LogP contribution is 2.27. The van der Waals surface area contributed by atoms with Crippen LogP contribution in [-0.4, -0.2) is 54.8 Å². The van der Waals surface area contributed by atoms with Gasteiger partial charge in [0.05, 0.1) is 13.1 Å². The number of aromatic nitrogens is 1. The molecule has 0 atom stereocenters. The van der Waals surface area contributed by atoms with E-state index in [4.69, 9.17) is 4.99 Å². The molecule has 29 heavy (non-hydrogen) atoms. The number of sulfonamides is 1. The van der Waals surface area contributed by atoms with E-state index in [2.05, 4.69) is 20.9 Å². The molecule has 3 rings (SSSR count). The lowest BCUT2D eigenvalue weighted by molar-refractivity contribution is 0.347. The monoisotopic (exact) mass is 437 g/mol. The third-order valence-corrected chi connectivity index (χ3v) is 8.51. The Hall–Kier alpha value is -1.84. The van der Waals surface area contributed by atoms with Gasteiger partial charge in [0.15, 0.2) is 5.96 Å². The maximum Gasteiger partial charge on any atom is 0.252 e. The quantitative estimate of drug-likeness (QED) is 0.534. The number of hydrogen-bond acceptors (Lipinski definition) is 4. The van der Waals surface area contributed by atoms with Crippen molar-refractivity contribution in [1.82, 2.24) is 19.1 Å². The highest BCUT2D eigenvalue weighted by molar-refractivity contribution is 7.91. The van der Waals surface area contributed by atoms with E-state index in [9.17, 15) is 8.42 Å². The lowest BCUT2D eigenvalue weighted by atomic mass is 10.2. The molecule has 7 nitrogen and oxygen atoms in total. The summed E-state index contributed by atoms with van der Waals surface area (Å²) in [6.07, 6.45) is 5.03. The van der Waals surface area contributed by atoms with Gasteiger partial charge >= 0.3 is 0 Å². The first-order valence-corrected chi connectivity index (χ1v) is 12.4. The predicted octanol–water partition coefficient (Wildman–Crippen LogP) is 2.86. The van der Waals surface area contributed by atoms with E-state index in [-0.39, 0.29) is 0 Å².